The lowest BCUT2D eigenvalue weighted by molar-refractivity contribution is 0.480. The minimum Gasteiger partial charge on any atom is -0.422 e. The average molecular weight is 234 g/mol. The maximum atomic E-state index is 13.6. The highest BCUT2D eigenvalue weighted by Crippen LogP contribution is 2.22. The second kappa shape index (κ2) is 4.37. The Hall–Kier alpha value is -2.17. The van der Waals surface area contributed by atoms with Crippen LogP contribution in [0.15, 0.2) is 39.5 Å². The molecule has 0 unspecified atom stereocenters. The first kappa shape index (κ1) is 11.3. The summed E-state index contributed by atoms with van der Waals surface area (Å²) in [6, 6.07) is 8.69. The van der Waals surface area contributed by atoms with Crippen LogP contribution < -0.4 is 10.5 Å². The van der Waals surface area contributed by atoms with Gasteiger partial charge in [0, 0.05) is 19.7 Å². The molecule has 0 bridgehead atoms. The van der Waals surface area contributed by atoms with Crippen molar-refractivity contribution < 1.29 is 8.81 Å². The molecule has 0 atom stereocenters. The summed E-state index contributed by atoms with van der Waals surface area (Å²) in [6.07, 6.45) is 0. The van der Waals surface area contributed by atoms with Crippen molar-refractivity contribution in [2.24, 2.45) is 0 Å². The Bertz CT molecular complexity index is 579. The van der Waals surface area contributed by atoms with Crippen molar-refractivity contribution in [3.63, 3.8) is 0 Å². The molecule has 1 aromatic heterocycles. The lowest BCUT2D eigenvalue weighted by atomic mass is 10.2. The SMILES string of the molecule is CN(C)c1nc(=O)c(F)c(-c2ccccc2)o1. The molecule has 2 rings (SSSR count). The van der Waals surface area contributed by atoms with Crippen LogP contribution in [0.5, 0.6) is 0 Å². The summed E-state index contributed by atoms with van der Waals surface area (Å²) in [5.41, 5.74) is -0.411. The van der Waals surface area contributed by atoms with Crippen molar-refractivity contribution in [3.05, 3.63) is 46.5 Å². The molecule has 1 heterocycles. The number of anilines is 1. The van der Waals surface area contributed by atoms with Crippen LogP contribution >= 0.6 is 0 Å². The van der Waals surface area contributed by atoms with E-state index in [0.717, 1.165) is 0 Å². The summed E-state index contributed by atoms with van der Waals surface area (Å²) < 4.78 is 18.9. The summed E-state index contributed by atoms with van der Waals surface area (Å²) in [5.74, 6) is -1.06. The Labute approximate surface area is 97.3 Å². The van der Waals surface area contributed by atoms with Gasteiger partial charge in [0.15, 0.2) is 5.76 Å². The fourth-order valence-corrected chi connectivity index (χ4v) is 1.36. The van der Waals surface area contributed by atoms with Gasteiger partial charge in [0.05, 0.1) is 0 Å². The van der Waals surface area contributed by atoms with Gasteiger partial charge < -0.3 is 9.32 Å². The van der Waals surface area contributed by atoms with Gasteiger partial charge in [-0.3, -0.25) is 4.79 Å². The van der Waals surface area contributed by atoms with E-state index in [1.54, 1.807) is 44.4 Å². The maximum absolute atomic E-state index is 13.6. The zero-order valence-electron chi connectivity index (χ0n) is 9.48. The first-order valence-corrected chi connectivity index (χ1v) is 5.03. The van der Waals surface area contributed by atoms with Gasteiger partial charge in [-0.2, -0.15) is 9.37 Å². The molecule has 2 aromatic rings. The molecule has 17 heavy (non-hydrogen) atoms. The summed E-state index contributed by atoms with van der Waals surface area (Å²) in [6.45, 7) is 0. The van der Waals surface area contributed by atoms with Crippen LogP contribution in [0, 0.1) is 5.82 Å². The van der Waals surface area contributed by atoms with E-state index in [1.165, 1.54) is 4.90 Å². The predicted octanol–water partition coefficient (Wildman–Crippen LogP) is 1.91. The Morgan fingerprint density at radius 1 is 1.24 bits per heavy atom. The molecule has 0 aliphatic carbocycles. The van der Waals surface area contributed by atoms with Gasteiger partial charge in [-0.15, -0.1) is 0 Å². The Morgan fingerprint density at radius 2 is 1.88 bits per heavy atom. The van der Waals surface area contributed by atoms with Gasteiger partial charge >= 0.3 is 11.6 Å². The lowest BCUT2D eigenvalue weighted by Crippen LogP contribution is -2.19. The lowest BCUT2D eigenvalue weighted by Gasteiger charge is -2.10. The number of aromatic nitrogens is 1. The van der Waals surface area contributed by atoms with Crippen molar-refractivity contribution in [1.82, 2.24) is 4.98 Å². The van der Waals surface area contributed by atoms with E-state index >= 15 is 0 Å². The number of halogens is 1. The molecule has 0 saturated carbocycles. The van der Waals surface area contributed by atoms with E-state index in [-0.39, 0.29) is 11.8 Å². The Kier molecular flexibility index (Phi) is 2.91. The standard InChI is InChI=1S/C12H11FN2O2/c1-15(2)12-14-11(16)9(13)10(17-12)8-6-4-3-5-7-8/h3-7H,1-2H3. The molecule has 0 spiro atoms. The monoisotopic (exact) mass is 234 g/mol. The first-order valence-electron chi connectivity index (χ1n) is 5.03. The molecule has 0 fully saturated rings. The predicted molar refractivity (Wildman–Crippen MR) is 62.5 cm³/mol. The molecule has 5 heteroatoms. The molecular formula is C12H11FN2O2. The van der Waals surface area contributed by atoms with E-state index in [0.29, 0.717) is 5.56 Å². The fourth-order valence-electron chi connectivity index (χ4n) is 1.36. The second-order valence-corrected chi connectivity index (χ2v) is 3.71. The first-order chi connectivity index (χ1) is 8.09. The number of hydrogen-bond acceptors (Lipinski definition) is 4. The highest BCUT2D eigenvalue weighted by molar-refractivity contribution is 5.57. The molecule has 88 valence electrons. The van der Waals surface area contributed by atoms with Crippen LogP contribution in [-0.4, -0.2) is 19.1 Å². The van der Waals surface area contributed by atoms with Crippen LogP contribution in [0.4, 0.5) is 10.4 Å². The largest absolute Gasteiger partial charge is 0.422 e. The van der Waals surface area contributed by atoms with Gasteiger partial charge in [0.1, 0.15) is 0 Å². The third-order valence-electron chi connectivity index (χ3n) is 2.20. The summed E-state index contributed by atoms with van der Waals surface area (Å²) in [7, 11) is 3.33. The van der Waals surface area contributed by atoms with Gasteiger partial charge in [0.2, 0.25) is 5.82 Å². The van der Waals surface area contributed by atoms with Crippen LogP contribution in [-0.2, 0) is 0 Å². The molecular weight excluding hydrogens is 223 g/mol. The van der Waals surface area contributed by atoms with Crippen LogP contribution in [0.3, 0.4) is 0 Å². The zero-order chi connectivity index (χ0) is 12.4. The topological polar surface area (TPSA) is 46.3 Å². The second-order valence-electron chi connectivity index (χ2n) is 3.71. The smallest absolute Gasteiger partial charge is 0.314 e. The van der Waals surface area contributed by atoms with Crippen molar-refractivity contribution in [2.75, 3.05) is 19.0 Å². The van der Waals surface area contributed by atoms with E-state index in [1.807, 2.05) is 0 Å². The quantitative estimate of drug-likeness (QED) is 0.796. The molecule has 4 nitrogen and oxygen atoms in total. The van der Waals surface area contributed by atoms with E-state index in [2.05, 4.69) is 4.98 Å². The van der Waals surface area contributed by atoms with Crippen molar-refractivity contribution in [2.45, 2.75) is 0 Å². The fraction of sp³-hybridized carbons (Fsp3) is 0.167. The highest BCUT2D eigenvalue weighted by atomic mass is 19.1. The normalized spacial score (nSPS) is 10.3. The van der Waals surface area contributed by atoms with E-state index in [9.17, 15) is 9.18 Å². The maximum Gasteiger partial charge on any atom is 0.314 e. The summed E-state index contributed by atoms with van der Waals surface area (Å²) in [4.78, 5) is 16.4. The molecule has 0 aliphatic heterocycles. The van der Waals surface area contributed by atoms with Gasteiger partial charge in [0.25, 0.3) is 0 Å². The zero-order valence-corrected chi connectivity index (χ0v) is 9.48. The van der Waals surface area contributed by atoms with Crippen LogP contribution in [0.1, 0.15) is 0 Å². The molecule has 0 saturated heterocycles. The van der Waals surface area contributed by atoms with Gasteiger partial charge in [-0.1, -0.05) is 30.3 Å². The minimum atomic E-state index is -0.971. The van der Waals surface area contributed by atoms with Gasteiger partial charge in [-0.25, -0.2) is 0 Å². The average Bonchev–Trinajstić information content (AvgIpc) is 2.33. The number of rotatable bonds is 2. The van der Waals surface area contributed by atoms with E-state index < -0.39 is 11.4 Å². The van der Waals surface area contributed by atoms with Crippen molar-refractivity contribution in [1.29, 1.82) is 0 Å². The highest BCUT2D eigenvalue weighted by Gasteiger charge is 2.15. The van der Waals surface area contributed by atoms with Crippen LogP contribution in [0.25, 0.3) is 11.3 Å². The molecule has 0 N–H and O–H groups in total. The van der Waals surface area contributed by atoms with Crippen molar-refractivity contribution >= 4 is 6.01 Å². The van der Waals surface area contributed by atoms with Crippen molar-refractivity contribution in [3.8, 4) is 11.3 Å². The summed E-state index contributed by atoms with van der Waals surface area (Å²) in [5, 5.41) is 0. The van der Waals surface area contributed by atoms with Crippen LogP contribution in [0.2, 0.25) is 0 Å². The van der Waals surface area contributed by atoms with Gasteiger partial charge in [-0.05, 0) is 0 Å². The minimum absolute atomic E-state index is 0.0789. The number of nitrogens with zero attached hydrogens (tertiary/aromatic N) is 2. The third-order valence-corrected chi connectivity index (χ3v) is 2.20. The molecule has 1 aromatic carbocycles. The Balaban J connectivity index is 2.65. The Morgan fingerprint density at radius 3 is 2.47 bits per heavy atom. The molecule has 0 aliphatic rings. The molecule has 0 amide bonds. The number of hydrogen-bond donors (Lipinski definition) is 0. The summed E-state index contributed by atoms with van der Waals surface area (Å²) >= 11 is 0. The van der Waals surface area contributed by atoms with E-state index in [4.69, 9.17) is 4.42 Å². The third kappa shape index (κ3) is 2.18. The molecule has 0 radical (unpaired) electrons. The number of benzene rings is 1.